The molecule has 27 heteroatoms. The molecule has 27 nitrogen and oxygen atoms in total. The summed E-state index contributed by atoms with van der Waals surface area (Å²) in [6, 6.07) is 0. The molecule has 6 aliphatic heterocycles. The summed E-state index contributed by atoms with van der Waals surface area (Å²) in [5.74, 6) is -2.56. The number of hydrogen-bond donors (Lipinski definition) is 16. The van der Waals surface area contributed by atoms with Crippen molar-refractivity contribution >= 4 is 0 Å². The van der Waals surface area contributed by atoms with E-state index in [1.807, 2.05) is 0 Å². The van der Waals surface area contributed by atoms with E-state index in [-0.39, 0.29) is 0 Å². The molecular weight excluding hydrogens is 912 g/mol. The Hall–Kier alpha value is -1.08. The van der Waals surface area contributed by atoms with Gasteiger partial charge in [0.1, 0.15) is 110 Å². The molecule has 16 N–H and O–H groups in total. The number of ether oxygens (including phenoxy) is 11. The van der Waals surface area contributed by atoms with Crippen molar-refractivity contribution in [3.63, 3.8) is 0 Å². The van der Waals surface area contributed by atoms with Gasteiger partial charge in [-0.2, -0.15) is 0 Å². The summed E-state index contributed by atoms with van der Waals surface area (Å²) in [6.07, 6.45) is -42.7. The predicted octanol–water partition coefficient (Wildman–Crippen LogP) is -9.20. The van der Waals surface area contributed by atoms with Crippen LogP contribution in [-0.4, -0.2) is 287 Å². The Kier molecular flexibility index (Phi) is 19.5. The molecule has 0 saturated carbocycles. The molecule has 6 rings (SSSR count). The van der Waals surface area contributed by atoms with Crippen molar-refractivity contribution in [1.29, 1.82) is 0 Å². The molecule has 0 radical (unpaired) electrons. The van der Waals surface area contributed by atoms with Crippen molar-refractivity contribution in [2.45, 2.75) is 193 Å². The summed E-state index contributed by atoms with van der Waals surface area (Å²) < 4.78 is 64.4. The van der Waals surface area contributed by atoms with E-state index in [1.165, 1.54) is 13.8 Å². The second kappa shape index (κ2) is 23.6. The Morgan fingerprint density at radius 2 is 0.597 bits per heavy atom. The van der Waals surface area contributed by atoms with Crippen LogP contribution in [0.5, 0.6) is 0 Å². The maximum Gasteiger partial charge on any atom is 0.187 e. The van der Waals surface area contributed by atoms with Gasteiger partial charge in [-0.3, -0.25) is 0 Å². The number of hydrogen-bond acceptors (Lipinski definition) is 27. The minimum Gasteiger partial charge on any atom is -0.394 e. The number of aliphatic hydroxyl groups excluding tert-OH is 16. The topological polar surface area (TPSA) is 425 Å². The highest BCUT2D eigenvalue weighted by atomic mass is 16.8. The van der Waals surface area contributed by atoms with E-state index in [0.717, 1.165) is 0 Å². The van der Waals surface area contributed by atoms with E-state index in [0.29, 0.717) is 0 Å². The van der Waals surface area contributed by atoms with E-state index in [9.17, 15) is 81.7 Å². The Morgan fingerprint density at radius 1 is 0.269 bits per heavy atom. The third-order valence-corrected chi connectivity index (χ3v) is 13.8. The first kappa shape index (κ1) is 55.2. The SMILES string of the molecule is CC1[C@H](C)OC(CO)[C@@H](O[C@@H]2OC(CO)[C@@H](O[C@@H]3OC(CO)[C@@H](O)C(O[C@H]4O[C@H](CO)[C@@H](O)C(O)C4O[C@@H]4OC(CO)[C@@H](O[C@@H]5OC(CO)[C@H](O)C(O)[C@@H]5O)C(O)[C@@H]4C)[C@H]3O)C(O)[C@@H]2C)[C@@H]1O. The zero-order valence-corrected chi connectivity index (χ0v) is 37.2. The van der Waals surface area contributed by atoms with Crippen LogP contribution in [0, 0.1) is 17.8 Å². The van der Waals surface area contributed by atoms with Crippen LogP contribution in [-0.2, 0) is 52.1 Å². The summed E-state index contributed by atoms with van der Waals surface area (Å²) >= 11 is 0. The lowest BCUT2D eigenvalue weighted by atomic mass is 9.88. The highest BCUT2D eigenvalue weighted by Crippen LogP contribution is 2.39. The fourth-order valence-corrected chi connectivity index (χ4v) is 9.23. The lowest BCUT2D eigenvalue weighted by molar-refractivity contribution is -0.398. The van der Waals surface area contributed by atoms with E-state index >= 15 is 0 Å². The molecule has 0 aromatic carbocycles. The normalized spacial score (nSPS) is 53.4. The maximum absolute atomic E-state index is 11.7. The average molecular weight is 983 g/mol. The molecule has 0 bridgehead atoms. The Morgan fingerprint density at radius 3 is 1.06 bits per heavy atom. The summed E-state index contributed by atoms with van der Waals surface area (Å²) in [5, 5.41) is 171. The van der Waals surface area contributed by atoms with Gasteiger partial charge in [-0.15, -0.1) is 0 Å². The van der Waals surface area contributed by atoms with E-state index in [4.69, 9.17) is 52.1 Å². The molecule has 30 atom stereocenters. The van der Waals surface area contributed by atoms with Crippen LogP contribution in [0.1, 0.15) is 27.7 Å². The second-order valence-electron chi connectivity index (χ2n) is 18.2. The average Bonchev–Trinajstić information content (AvgIpc) is 3.32. The van der Waals surface area contributed by atoms with Gasteiger partial charge in [-0.1, -0.05) is 20.8 Å². The van der Waals surface area contributed by atoms with Gasteiger partial charge in [0.15, 0.2) is 31.5 Å². The molecular formula is C40H70O27. The first-order valence-corrected chi connectivity index (χ1v) is 22.4. The molecule has 67 heavy (non-hydrogen) atoms. The summed E-state index contributed by atoms with van der Waals surface area (Å²) in [6.45, 7) is 1.56. The summed E-state index contributed by atoms with van der Waals surface area (Å²) in [4.78, 5) is 0. The van der Waals surface area contributed by atoms with Crippen LogP contribution in [0.25, 0.3) is 0 Å². The monoisotopic (exact) mass is 982 g/mol. The second-order valence-corrected chi connectivity index (χ2v) is 18.2. The van der Waals surface area contributed by atoms with E-state index < -0.39 is 223 Å². The van der Waals surface area contributed by atoms with Crippen molar-refractivity contribution < 1.29 is 134 Å². The fourth-order valence-electron chi connectivity index (χ4n) is 9.23. The van der Waals surface area contributed by atoms with Gasteiger partial charge in [0, 0.05) is 17.8 Å². The molecule has 6 aliphatic rings. The lowest BCUT2D eigenvalue weighted by Crippen LogP contribution is -2.67. The highest BCUT2D eigenvalue weighted by Gasteiger charge is 2.57. The Balaban J connectivity index is 1.17. The fraction of sp³-hybridized carbons (Fsp3) is 1.00. The zero-order chi connectivity index (χ0) is 49.3. The third kappa shape index (κ3) is 11.3. The molecule has 0 spiro atoms. The van der Waals surface area contributed by atoms with Gasteiger partial charge in [-0.05, 0) is 6.92 Å². The lowest BCUT2D eigenvalue weighted by Gasteiger charge is -2.50. The number of rotatable bonds is 16. The predicted molar refractivity (Wildman–Crippen MR) is 212 cm³/mol. The quantitative estimate of drug-likeness (QED) is 0.0683. The largest absolute Gasteiger partial charge is 0.394 e. The van der Waals surface area contributed by atoms with Gasteiger partial charge in [-0.25, -0.2) is 0 Å². The van der Waals surface area contributed by atoms with Crippen LogP contribution < -0.4 is 0 Å². The van der Waals surface area contributed by atoms with Crippen molar-refractivity contribution in [2.75, 3.05) is 39.6 Å². The van der Waals surface area contributed by atoms with Gasteiger partial charge in [0.2, 0.25) is 0 Å². The molecule has 6 fully saturated rings. The minimum atomic E-state index is -2.05. The van der Waals surface area contributed by atoms with Crippen LogP contribution in [0.2, 0.25) is 0 Å². The molecule has 6 heterocycles. The molecule has 12 unspecified atom stereocenters. The first-order chi connectivity index (χ1) is 31.8. The van der Waals surface area contributed by atoms with Gasteiger partial charge in [0.25, 0.3) is 0 Å². The van der Waals surface area contributed by atoms with Gasteiger partial charge < -0.3 is 134 Å². The highest BCUT2D eigenvalue weighted by molar-refractivity contribution is 4.99. The van der Waals surface area contributed by atoms with Crippen LogP contribution >= 0.6 is 0 Å². The molecule has 0 aromatic rings. The standard InChI is InChI=1S/C40H70O27/c1-11-14(4)57-18(8-44)31(21(11)47)63-36-12(2)22(48)33(20(10-46)61-36)65-39-30(56)34(26(52)17(7-43)59-39)66-40-35(28(54)25(51)16(6-42)60-40)67-37-13(3)23(49)32(19(9-45)62-37)64-38-29(55)27(53)24(50)15(5-41)58-38/h11-56H,5-10H2,1-4H3/t11?,12-,13-,14-,15?,16+,17?,18?,19?,20?,21+,22?,23?,24-,25+,26+,27?,28?,29-,30+,31+,32+,33+,34?,35?,36-,37-,38-,39-,40+/m0/s1. The molecule has 392 valence electrons. The third-order valence-electron chi connectivity index (χ3n) is 13.8. The Bertz CT molecular complexity index is 1500. The molecule has 0 aromatic heterocycles. The zero-order valence-electron chi connectivity index (χ0n) is 37.2. The van der Waals surface area contributed by atoms with Crippen LogP contribution in [0.4, 0.5) is 0 Å². The van der Waals surface area contributed by atoms with Crippen molar-refractivity contribution in [3.8, 4) is 0 Å². The van der Waals surface area contributed by atoms with Crippen molar-refractivity contribution in [1.82, 2.24) is 0 Å². The van der Waals surface area contributed by atoms with Gasteiger partial charge >= 0.3 is 0 Å². The van der Waals surface area contributed by atoms with Crippen molar-refractivity contribution in [3.05, 3.63) is 0 Å². The minimum absolute atomic E-state index is 0.417. The summed E-state index contributed by atoms with van der Waals surface area (Å²) in [5.41, 5.74) is 0. The Labute approximate surface area is 384 Å². The summed E-state index contributed by atoms with van der Waals surface area (Å²) in [7, 11) is 0. The number of aliphatic hydroxyl groups is 16. The molecule has 6 saturated heterocycles. The van der Waals surface area contributed by atoms with E-state index in [2.05, 4.69) is 0 Å². The van der Waals surface area contributed by atoms with E-state index in [1.54, 1.807) is 13.8 Å². The van der Waals surface area contributed by atoms with Gasteiger partial charge in [0.05, 0.1) is 64.1 Å². The molecule has 0 amide bonds. The van der Waals surface area contributed by atoms with Crippen molar-refractivity contribution in [2.24, 2.45) is 17.8 Å². The first-order valence-electron chi connectivity index (χ1n) is 22.4. The smallest absolute Gasteiger partial charge is 0.187 e. The van der Waals surface area contributed by atoms with Crippen LogP contribution in [0.15, 0.2) is 0 Å². The molecule has 0 aliphatic carbocycles. The maximum atomic E-state index is 11.7. The van der Waals surface area contributed by atoms with Crippen LogP contribution in [0.3, 0.4) is 0 Å².